The molecule has 2 aromatic carbocycles. The molecular formula is C19H11F3N2O2S. The second kappa shape index (κ2) is 7.21. The lowest BCUT2D eigenvalue weighted by molar-refractivity contribution is -0.137. The van der Waals surface area contributed by atoms with Gasteiger partial charge in [-0.1, -0.05) is 12.1 Å². The molecule has 0 amide bonds. The SMILES string of the molecule is COC(=O)c1ccc(/C=C(\C#N)c2nc3cc(C(F)(F)F)ccc3s2)cc1. The summed E-state index contributed by atoms with van der Waals surface area (Å²) in [5, 5.41) is 9.75. The van der Waals surface area contributed by atoms with Crippen molar-refractivity contribution in [2.75, 3.05) is 7.11 Å². The van der Waals surface area contributed by atoms with Gasteiger partial charge in [-0.15, -0.1) is 11.3 Å². The van der Waals surface area contributed by atoms with E-state index in [1.807, 2.05) is 6.07 Å². The molecule has 0 N–H and O–H groups in total. The van der Waals surface area contributed by atoms with Gasteiger partial charge in [0.15, 0.2) is 0 Å². The first-order valence-corrected chi connectivity index (χ1v) is 8.42. The Balaban J connectivity index is 1.96. The Morgan fingerprint density at radius 2 is 1.93 bits per heavy atom. The summed E-state index contributed by atoms with van der Waals surface area (Å²) in [7, 11) is 1.28. The van der Waals surface area contributed by atoms with Gasteiger partial charge in [-0.05, 0) is 42.0 Å². The number of nitrogens with zero attached hydrogens (tertiary/aromatic N) is 2. The Morgan fingerprint density at radius 3 is 2.52 bits per heavy atom. The zero-order valence-electron chi connectivity index (χ0n) is 13.9. The van der Waals surface area contributed by atoms with Crippen molar-refractivity contribution in [2.24, 2.45) is 0 Å². The number of hydrogen-bond donors (Lipinski definition) is 0. The fourth-order valence-electron chi connectivity index (χ4n) is 2.36. The highest BCUT2D eigenvalue weighted by molar-refractivity contribution is 7.19. The number of fused-ring (bicyclic) bond motifs is 1. The van der Waals surface area contributed by atoms with Crippen LogP contribution < -0.4 is 0 Å². The second-order valence-electron chi connectivity index (χ2n) is 5.48. The van der Waals surface area contributed by atoms with Crippen LogP contribution in [-0.2, 0) is 10.9 Å². The van der Waals surface area contributed by atoms with Crippen LogP contribution in [0.5, 0.6) is 0 Å². The van der Waals surface area contributed by atoms with Crippen LogP contribution in [0, 0.1) is 11.3 Å². The monoisotopic (exact) mass is 388 g/mol. The number of rotatable bonds is 3. The van der Waals surface area contributed by atoms with Gasteiger partial charge in [0.2, 0.25) is 0 Å². The second-order valence-corrected chi connectivity index (χ2v) is 6.51. The lowest BCUT2D eigenvalue weighted by Gasteiger charge is -2.04. The van der Waals surface area contributed by atoms with Crippen molar-refractivity contribution < 1.29 is 22.7 Å². The third-order valence-electron chi connectivity index (χ3n) is 3.71. The van der Waals surface area contributed by atoms with Crippen LogP contribution in [0.25, 0.3) is 21.9 Å². The molecule has 1 heterocycles. The summed E-state index contributed by atoms with van der Waals surface area (Å²) in [5.41, 5.74) is 0.637. The molecule has 0 aliphatic heterocycles. The summed E-state index contributed by atoms with van der Waals surface area (Å²) in [6.07, 6.45) is -2.89. The maximum absolute atomic E-state index is 12.8. The first kappa shape index (κ1) is 18.6. The lowest BCUT2D eigenvalue weighted by atomic mass is 10.1. The number of aromatic nitrogens is 1. The number of halogens is 3. The molecule has 1 aromatic heterocycles. The Bertz CT molecular complexity index is 1080. The molecule has 0 spiro atoms. The Labute approximate surface area is 156 Å². The van der Waals surface area contributed by atoms with Gasteiger partial charge in [-0.25, -0.2) is 9.78 Å². The fraction of sp³-hybridized carbons (Fsp3) is 0.105. The van der Waals surface area contributed by atoms with E-state index in [9.17, 15) is 23.2 Å². The Morgan fingerprint density at radius 1 is 1.22 bits per heavy atom. The highest BCUT2D eigenvalue weighted by Gasteiger charge is 2.30. The minimum Gasteiger partial charge on any atom is -0.465 e. The van der Waals surface area contributed by atoms with Gasteiger partial charge in [0.05, 0.1) is 34.0 Å². The van der Waals surface area contributed by atoms with Gasteiger partial charge in [-0.3, -0.25) is 0 Å². The number of carbonyl (C=O) groups excluding carboxylic acids is 1. The maximum atomic E-state index is 12.8. The predicted molar refractivity (Wildman–Crippen MR) is 95.9 cm³/mol. The smallest absolute Gasteiger partial charge is 0.416 e. The molecule has 0 bridgehead atoms. The predicted octanol–water partition coefficient (Wildman–Crippen LogP) is 5.17. The molecule has 0 atom stereocenters. The third-order valence-corrected chi connectivity index (χ3v) is 4.78. The topological polar surface area (TPSA) is 63.0 Å². The first-order chi connectivity index (χ1) is 12.8. The number of methoxy groups -OCH3 is 1. The van der Waals surface area contributed by atoms with Crippen molar-refractivity contribution in [1.82, 2.24) is 4.98 Å². The molecule has 0 aliphatic carbocycles. The number of benzene rings is 2. The molecule has 27 heavy (non-hydrogen) atoms. The standard InChI is InChI=1S/C19H11F3N2O2S/c1-26-18(25)12-4-2-11(3-5-12)8-13(10-23)17-24-15-9-14(19(20,21)22)6-7-16(15)27-17/h2-9H,1H3/b13-8+. The van der Waals surface area contributed by atoms with E-state index in [0.29, 0.717) is 20.8 Å². The van der Waals surface area contributed by atoms with Gasteiger partial charge in [0.1, 0.15) is 11.1 Å². The van der Waals surface area contributed by atoms with E-state index in [1.165, 1.54) is 13.2 Å². The molecular weight excluding hydrogens is 377 g/mol. The van der Waals surface area contributed by atoms with E-state index in [0.717, 1.165) is 23.5 Å². The van der Waals surface area contributed by atoms with E-state index in [2.05, 4.69) is 9.72 Å². The molecule has 4 nitrogen and oxygen atoms in total. The van der Waals surface area contributed by atoms with Crippen LogP contribution in [0.4, 0.5) is 13.2 Å². The van der Waals surface area contributed by atoms with E-state index in [1.54, 1.807) is 30.3 Å². The van der Waals surface area contributed by atoms with Crippen molar-refractivity contribution in [3.05, 3.63) is 64.2 Å². The molecule has 3 rings (SSSR count). The highest BCUT2D eigenvalue weighted by atomic mass is 32.1. The summed E-state index contributed by atoms with van der Waals surface area (Å²) >= 11 is 1.14. The van der Waals surface area contributed by atoms with Gasteiger partial charge >= 0.3 is 12.1 Å². The van der Waals surface area contributed by atoms with Crippen molar-refractivity contribution in [3.8, 4) is 6.07 Å². The van der Waals surface area contributed by atoms with E-state index >= 15 is 0 Å². The van der Waals surface area contributed by atoms with Gasteiger partial charge in [-0.2, -0.15) is 18.4 Å². The molecule has 0 radical (unpaired) electrons. The van der Waals surface area contributed by atoms with Crippen molar-refractivity contribution in [1.29, 1.82) is 5.26 Å². The minimum absolute atomic E-state index is 0.187. The average Bonchev–Trinajstić information content (AvgIpc) is 3.08. The van der Waals surface area contributed by atoms with Crippen molar-refractivity contribution in [3.63, 3.8) is 0 Å². The summed E-state index contributed by atoms with van der Waals surface area (Å²) in [4.78, 5) is 15.6. The molecule has 0 aliphatic rings. The number of ether oxygens (including phenoxy) is 1. The van der Waals surface area contributed by atoms with Crippen LogP contribution in [0.2, 0.25) is 0 Å². The van der Waals surface area contributed by atoms with Crippen molar-refractivity contribution in [2.45, 2.75) is 6.18 Å². The zero-order valence-corrected chi connectivity index (χ0v) is 14.7. The molecule has 3 aromatic rings. The van der Waals surface area contributed by atoms with Crippen molar-refractivity contribution >= 4 is 39.2 Å². The maximum Gasteiger partial charge on any atom is 0.416 e. The number of hydrogen-bond acceptors (Lipinski definition) is 5. The molecule has 8 heteroatoms. The molecule has 0 fully saturated rings. The highest BCUT2D eigenvalue weighted by Crippen LogP contribution is 2.34. The van der Waals surface area contributed by atoms with E-state index in [-0.39, 0.29) is 11.1 Å². The summed E-state index contributed by atoms with van der Waals surface area (Å²) in [5.74, 6) is -0.474. The lowest BCUT2D eigenvalue weighted by Crippen LogP contribution is -2.03. The molecule has 136 valence electrons. The third kappa shape index (κ3) is 3.99. The molecule has 0 saturated carbocycles. The quantitative estimate of drug-likeness (QED) is 0.459. The number of esters is 1. The average molecular weight is 388 g/mol. The van der Waals surface area contributed by atoms with Gasteiger partial charge in [0, 0.05) is 0 Å². The van der Waals surface area contributed by atoms with Gasteiger partial charge in [0.25, 0.3) is 0 Å². The van der Waals surface area contributed by atoms with E-state index < -0.39 is 17.7 Å². The number of alkyl halides is 3. The first-order valence-electron chi connectivity index (χ1n) is 7.60. The molecule has 0 unspecified atom stereocenters. The van der Waals surface area contributed by atoms with Crippen LogP contribution in [0.15, 0.2) is 42.5 Å². The minimum atomic E-state index is -4.45. The van der Waals surface area contributed by atoms with E-state index in [4.69, 9.17) is 0 Å². The number of nitriles is 1. The summed E-state index contributed by atoms with van der Waals surface area (Å²) in [6, 6.07) is 11.7. The molecule has 0 saturated heterocycles. The largest absolute Gasteiger partial charge is 0.465 e. The zero-order chi connectivity index (χ0) is 19.6. The van der Waals surface area contributed by atoms with Crippen LogP contribution in [0.3, 0.4) is 0 Å². The van der Waals surface area contributed by atoms with Gasteiger partial charge < -0.3 is 4.74 Å². The summed E-state index contributed by atoms with van der Waals surface area (Å²) in [6.45, 7) is 0. The summed E-state index contributed by atoms with van der Waals surface area (Å²) < 4.78 is 43.7. The van der Waals surface area contributed by atoms with Crippen LogP contribution in [-0.4, -0.2) is 18.1 Å². The Kier molecular flexibility index (Phi) is 4.97. The number of carbonyl (C=O) groups is 1. The number of thiazole rings is 1. The van der Waals surface area contributed by atoms with Crippen LogP contribution >= 0.6 is 11.3 Å². The number of allylic oxidation sites excluding steroid dienone is 1. The Hall–Kier alpha value is -3.18. The van der Waals surface area contributed by atoms with Crippen LogP contribution in [0.1, 0.15) is 26.5 Å². The fourth-order valence-corrected chi connectivity index (χ4v) is 3.27. The normalized spacial score (nSPS) is 12.0.